The molecule has 1 heterocycles. The zero-order valence-electron chi connectivity index (χ0n) is 32.8. The molecule has 286 valence electrons. The number of aryl methyl sites for hydroxylation is 4. The minimum atomic E-state index is -4.07. The fraction of sp³-hybridized carbons (Fsp3) is 0.137. The first-order valence-electron chi connectivity index (χ1n) is 19.5. The molecule has 1 aliphatic carbocycles. The monoisotopic (exact) mass is 777 g/mol. The van der Waals surface area contributed by atoms with Gasteiger partial charge in [-0.2, -0.15) is 5.26 Å². The van der Waals surface area contributed by atoms with Gasteiger partial charge in [-0.1, -0.05) is 148 Å². The number of nitriles is 1. The second-order valence-corrected chi connectivity index (χ2v) is 15.6. The SMILES string of the molecule is [C-]#[N+]c1c(C#N)c(-n2c3ccc(-c4ccccc4)cc3c3cc(-c4ccccc4)ccc32)c2c(c1B(c1c(C)cccc1C)c1c(C)cccc1C)C(F)(F)CC2(F)F. The third-order valence-electron chi connectivity index (χ3n) is 12.0. The molecule has 0 atom stereocenters. The van der Waals surface area contributed by atoms with Crippen LogP contribution in [-0.4, -0.2) is 11.3 Å². The molecule has 0 spiro atoms. The van der Waals surface area contributed by atoms with Crippen LogP contribution in [-0.2, 0) is 11.8 Å². The normalized spacial score (nSPS) is 13.9. The van der Waals surface area contributed by atoms with Crippen LogP contribution in [0.1, 0.15) is 45.4 Å². The lowest BCUT2D eigenvalue weighted by Crippen LogP contribution is -2.57. The van der Waals surface area contributed by atoms with E-state index in [1.54, 1.807) is 12.1 Å². The van der Waals surface area contributed by atoms with E-state index in [-0.39, 0.29) is 22.4 Å². The molecule has 0 radical (unpaired) electrons. The lowest BCUT2D eigenvalue weighted by Gasteiger charge is -2.29. The molecule has 59 heavy (non-hydrogen) atoms. The summed E-state index contributed by atoms with van der Waals surface area (Å²) in [6.07, 6.45) is -1.79. The van der Waals surface area contributed by atoms with Gasteiger partial charge in [-0.15, -0.1) is 0 Å². The van der Waals surface area contributed by atoms with Gasteiger partial charge >= 0.3 is 0 Å². The van der Waals surface area contributed by atoms with Crippen molar-refractivity contribution in [3.05, 3.63) is 184 Å². The molecule has 0 bridgehead atoms. The standard InChI is InChI=1S/C51H36BF4N3/c1-30-14-12-15-31(2)45(30)52(46-32(3)16-13-17-33(46)4)47-43-44(51(55,56)29-50(43,53)54)49(40(28-57)48(47)58-5)59-41-24-22-36(34-18-8-6-9-19-34)26-38(41)39-27-37(23-25-42(39)59)35-20-10-7-11-21-35/h6-27H,29H2,1-4H3. The Morgan fingerprint density at radius 1 is 0.576 bits per heavy atom. The largest absolute Gasteiger partial charge is 0.309 e. The highest BCUT2D eigenvalue weighted by atomic mass is 19.3. The van der Waals surface area contributed by atoms with Crippen molar-refractivity contribution >= 4 is 50.6 Å². The molecule has 0 saturated carbocycles. The van der Waals surface area contributed by atoms with E-state index in [4.69, 9.17) is 6.57 Å². The smallest absolute Gasteiger partial charge is 0.281 e. The van der Waals surface area contributed by atoms with E-state index in [1.807, 2.05) is 149 Å². The summed E-state index contributed by atoms with van der Waals surface area (Å²) < 4.78 is 69.9. The van der Waals surface area contributed by atoms with Gasteiger partial charge in [0, 0.05) is 16.3 Å². The summed E-state index contributed by atoms with van der Waals surface area (Å²) in [5, 5.41) is 12.6. The fourth-order valence-electron chi connectivity index (χ4n) is 9.54. The van der Waals surface area contributed by atoms with Crippen molar-refractivity contribution < 1.29 is 17.6 Å². The number of hydrogen-bond acceptors (Lipinski definition) is 1. The molecule has 0 amide bonds. The van der Waals surface area contributed by atoms with Gasteiger partial charge in [-0.25, -0.2) is 22.4 Å². The molecule has 0 aliphatic heterocycles. The van der Waals surface area contributed by atoms with E-state index in [2.05, 4.69) is 10.9 Å². The van der Waals surface area contributed by atoms with Crippen LogP contribution in [0.5, 0.6) is 0 Å². The van der Waals surface area contributed by atoms with Crippen molar-refractivity contribution in [2.75, 3.05) is 0 Å². The van der Waals surface area contributed by atoms with Gasteiger partial charge in [0.15, 0.2) is 0 Å². The van der Waals surface area contributed by atoms with Crippen LogP contribution in [0.25, 0.3) is 54.6 Å². The summed E-state index contributed by atoms with van der Waals surface area (Å²) in [4.78, 5) is 3.90. The number of halogens is 4. The van der Waals surface area contributed by atoms with E-state index in [1.165, 1.54) is 4.57 Å². The van der Waals surface area contributed by atoms with Crippen LogP contribution in [0.2, 0.25) is 0 Å². The predicted molar refractivity (Wildman–Crippen MR) is 232 cm³/mol. The third kappa shape index (κ3) is 5.85. The van der Waals surface area contributed by atoms with Gasteiger partial charge in [0.05, 0.1) is 46.9 Å². The summed E-state index contributed by atoms with van der Waals surface area (Å²) >= 11 is 0. The minimum Gasteiger partial charge on any atom is -0.309 e. The molecule has 7 aromatic carbocycles. The number of rotatable bonds is 6. The van der Waals surface area contributed by atoms with E-state index in [9.17, 15) is 5.26 Å². The Kier molecular flexibility index (Phi) is 8.87. The molecule has 9 rings (SSSR count). The molecular formula is C51H36BF4N3. The Bertz CT molecular complexity index is 2910. The van der Waals surface area contributed by atoms with Crippen molar-refractivity contribution in [3.63, 3.8) is 0 Å². The summed E-state index contributed by atoms with van der Waals surface area (Å²) in [7, 11) is 0. The number of aromatic nitrogens is 1. The third-order valence-corrected chi connectivity index (χ3v) is 12.0. The van der Waals surface area contributed by atoms with E-state index < -0.39 is 36.1 Å². The van der Waals surface area contributed by atoms with Crippen molar-refractivity contribution in [3.8, 4) is 34.0 Å². The number of alkyl halides is 4. The molecule has 0 N–H and O–H groups in total. The van der Waals surface area contributed by atoms with Crippen LogP contribution < -0.4 is 16.4 Å². The first-order chi connectivity index (χ1) is 28.4. The molecule has 1 aromatic heterocycles. The predicted octanol–water partition coefficient (Wildman–Crippen LogP) is 11.9. The molecule has 8 heteroatoms. The quantitative estimate of drug-likeness (QED) is 0.0940. The number of hydrogen-bond donors (Lipinski definition) is 0. The second-order valence-electron chi connectivity index (χ2n) is 15.6. The van der Waals surface area contributed by atoms with Gasteiger partial charge in [0.1, 0.15) is 0 Å². The maximum absolute atomic E-state index is 17.1. The molecule has 0 unspecified atom stereocenters. The zero-order valence-corrected chi connectivity index (χ0v) is 32.8. The first kappa shape index (κ1) is 37.7. The summed E-state index contributed by atoms with van der Waals surface area (Å²) in [6, 6.07) is 44.0. The highest BCUT2D eigenvalue weighted by Crippen LogP contribution is 2.57. The highest BCUT2D eigenvalue weighted by molar-refractivity contribution is 6.97. The Morgan fingerprint density at radius 3 is 1.44 bits per heavy atom. The van der Waals surface area contributed by atoms with Gasteiger partial charge in [-0.05, 0) is 74.2 Å². The lowest BCUT2D eigenvalue weighted by molar-refractivity contribution is -0.0920. The van der Waals surface area contributed by atoms with Crippen LogP contribution in [0.4, 0.5) is 23.2 Å². The summed E-state index contributed by atoms with van der Waals surface area (Å²) in [6.45, 7) is 15.1. The van der Waals surface area contributed by atoms with Crippen LogP contribution in [0.3, 0.4) is 0 Å². The maximum Gasteiger partial charge on any atom is 0.281 e. The molecular weight excluding hydrogens is 741 g/mol. The fourth-order valence-corrected chi connectivity index (χ4v) is 9.54. The Hall–Kier alpha value is -6.90. The van der Waals surface area contributed by atoms with Crippen LogP contribution >= 0.6 is 0 Å². The van der Waals surface area contributed by atoms with Gasteiger partial charge in [-0.3, -0.25) is 0 Å². The van der Waals surface area contributed by atoms with Gasteiger partial charge in [0.25, 0.3) is 11.8 Å². The molecule has 1 aliphatic rings. The maximum atomic E-state index is 17.1. The Labute approximate surface area is 340 Å². The van der Waals surface area contributed by atoms with Gasteiger partial charge < -0.3 is 4.57 Å². The van der Waals surface area contributed by atoms with Crippen molar-refractivity contribution in [1.29, 1.82) is 5.26 Å². The van der Waals surface area contributed by atoms with E-state index in [0.29, 0.717) is 32.7 Å². The van der Waals surface area contributed by atoms with Crippen molar-refractivity contribution in [2.45, 2.75) is 46.0 Å². The second kappa shape index (κ2) is 13.9. The minimum absolute atomic E-state index is 0.245. The Morgan fingerprint density at radius 2 is 1.02 bits per heavy atom. The van der Waals surface area contributed by atoms with E-state index >= 15 is 17.6 Å². The molecule has 0 saturated heterocycles. The Balaban J connectivity index is 1.47. The van der Waals surface area contributed by atoms with Crippen LogP contribution in [0, 0.1) is 45.6 Å². The molecule has 0 fully saturated rings. The highest BCUT2D eigenvalue weighted by Gasteiger charge is 2.60. The molecule has 3 nitrogen and oxygen atoms in total. The van der Waals surface area contributed by atoms with Crippen LogP contribution in [0.15, 0.2) is 133 Å². The lowest BCUT2D eigenvalue weighted by atomic mass is 9.33. The summed E-state index contributed by atoms with van der Waals surface area (Å²) in [5.74, 6) is -8.13. The topological polar surface area (TPSA) is 33.1 Å². The average molecular weight is 778 g/mol. The number of benzene rings is 7. The summed E-state index contributed by atoms with van der Waals surface area (Å²) in [5.41, 5.74) is 5.63. The molecule has 8 aromatic rings. The average Bonchev–Trinajstić information content (AvgIpc) is 3.64. The van der Waals surface area contributed by atoms with Gasteiger partial charge in [0.2, 0.25) is 12.4 Å². The number of nitrogens with zero attached hydrogens (tertiary/aromatic N) is 3. The van der Waals surface area contributed by atoms with Crippen molar-refractivity contribution in [1.82, 2.24) is 4.57 Å². The van der Waals surface area contributed by atoms with E-state index in [0.717, 1.165) is 44.5 Å². The number of fused-ring (bicyclic) bond motifs is 4. The van der Waals surface area contributed by atoms with Crippen molar-refractivity contribution in [2.24, 2.45) is 0 Å². The zero-order chi connectivity index (χ0) is 41.4. The first-order valence-corrected chi connectivity index (χ1v) is 19.5.